The molecular weight excluding hydrogens is 236 g/mol. The van der Waals surface area contributed by atoms with Gasteiger partial charge in [-0.1, -0.05) is 51.3 Å². The highest BCUT2D eigenvalue weighted by Gasteiger charge is 2.17. The van der Waals surface area contributed by atoms with Crippen LogP contribution in [0.3, 0.4) is 0 Å². The SMILES string of the molecule is CCCCC(C)C(C)[B]c1cc(F)c(F)c(F)c1. The lowest BCUT2D eigenvalue weighted by atomic mass is 9.55. The van der Waals surface area contributed by atoms with Crippen LogP contribution in [0.4, 0.5) is 13.2 Å². The molecule has 0 amide bonds. The van der Waals surface area contributed by atoms with E-state index in [2.05, 4.69) is 13.8 Å². The van der Waals surface area contributed by atoms with Crippen molar-refractivity contribution in [2.75, 3.05) is 0 Å². The van der Waals surface area contributed by atoms with Crippen molar-refractivity contribution in [2.45, 2.75) is 45.9 Å². The topological polar surface area (TPSA) is 0 Å². The fraction of sp³-hybridized carbons (Fsp3) is 0.571. The van der Waals surface area contributed by atoms with Crippen molar-refractivity contribution in [3.63, 3.8) is 0 Å². The van der Waals surface area contributed by atoms with Crippen molar-refractivity contribution in [1.82, 2.24) is 0 Å². The molecule has 1 rings (SSSR count). The summed E-state index contributed by atoms with van der Waals surface area (Å²) in [4.78, 5) is 0. The highest BCUT2D eigenvalue weighted by molar-refractivity contribution is 6.54. The maximum Gasteiger partial charge on any atom is 0.194 e. The lowest BCUT2D eigenvalue weighted by Gasteiger charge is -2.19. The number of rotatable bonds is 6. The van der Waals surface area contributed by atoms with Gasteiger partial charge in [0.2, 0.25) is 0 Å². The van der Waals surface area contributed by atoms with E-state index in [1.165, 1.54) is 0 Å². The predicted octanol–water partition coefficient (Wildman–Crippen LogP) is 4.07. The molecule has 1 aromatic rings. The molecule has 0 saturated heterocycles. The molecule has 2 unspecified atom stereocenters. The third-order valence-electron chi connectivity index (χ3n) is 3.37. The van der Waals surface area contributed by atoms with E-state index in [0.717, 1.165) is 31.4 Å². The maximum atomic E-state index is 13.1. The minimum Gasteiger partial charge on any atom is -0.204 e. The van der Waals surface area contributed by atoms with Crippen molar-refractivity contribution in [2.24, 2.45) is 5.92 Å². The standard InChI is InChI=1S/C14H19BF3/c1-4-5-6-9(2)10(3)15-11-7-12(16)14(18)13(17)8-11/h7-10H,4-6H2,1-3H3. The third kappa shape index (κ3) is 4.07. The quantitative estimate of drug-likeness (QED) is 0.531. The second kappa shape index (κ2) is 6.86. The van der Waals surface area contributed by atoms with E-state index in [-0.39, 0.29) is 5.82 Å². The van der Waals surface area contributed by atoms with Crippen LogP contribution in [-0.4, -0.2) is 7.28 Å². The Balaban J connectivity index is 2.67. The van der Waals surface area contributed by atoms with Gasteiger partial charge >= 0.3 is 0 Å². The van der Waals surface area contributed by atoms with Gasteiger partial charge in [0.25, 0.3) is 0 Å². The molecule has 2 atom stereocenters. The van der Waals surface area contributed by atoms with Crippen LogP contribution in [0.1, 0.15) is 40.0 Å². The van der Waals surface area contributed by atoms with E-state index in [1.807, 2.05) is 6.92 Å². The average molecular weight is 255 g/mol. The largest absolute Gasteiger partial charge is 0.204 e. The lowest BCUT2D eigenvalue weighted by Crippen LogP contribution is -2.23. The predicted molar refractivity (Wildman–Crippen MR) is 69.8 cm³/mol. The highest BCUT2D eigenvalue weighted by atomic mass is 19.2. The number of hydrogen-bond acceptors (Lipinski definition) is 0. The fourth-order valence-corrected chi connectivity index (χ4v) is 1.93. The molecule has 4 heteroatoms. The molecule has 1 aromatic carbocycles. The summed E-state index contributed by atoms with van der Waals surface area (Å²) in [7, 11) is 1.80. The van der Waals surface area contributed by atoms with E-state index < -0.39 is 17.5 Å². The number of hydrogen-bond donors (Lipinski definition) is 0. The average Bonchev–Trinajstić information content (AvgIpc) is 2.32. The van der Waals surface area contributed by atoms with Crippen molar-refractivity contribution in [3.8, 4) is 0 Å². The first-order valence-corrected chi connectivity index (χ1v) is 6.45. The fourth-order valence-electron chi connectivity index (χ4n) is 1.93. The Kier molecular flexibility index (Phi) is 5.77. The molecule has 0 nitrogen and oxygen atoms in total. The molecular formula is C14H19BF3. The summed E-state index contributed by atoms with van der Waals surface area (Å²) in [5, 5.41) is 0. The van der Waals surface area contributed by atoms with Gasteiger partial charge in [-0.05, 0) is 18.1 Å². The van der Waals surface area contributed by atoms with Gasteiger partial charge in [-0.25, -0.2) is 13.2 Å². The smallest absolute Gasteiger partial charge is 0.194 e. The Morgan fingerprint density at radius 1 is 1.11 bits per heavy atom. The highest BCUT2D eigenvalue weighted by Crippen LogP contribution is 2.22. The van der Waals surface area contributed by atoms with Crippen LogP contribution in [0.5, 0.6) is 0 Å². The van der Waals surface area contributed by atoms with Crippen molar-refractivity contribution >= 4 is 12.7 Å². The summed E-state index contributed by atoms with van der Waals surface area (Å²) >= 11 is 0. The second-order valence-corrected chi connectivity index (χ2v) is 4.94. The van der Waals surface area contributed by atoms with Crippen LogP contribution in [0.2, 0.25) is 5.82 Å². The molecule has 0 fully saturated rings. The number of unbranched alkanes of at least 4 members (excludes halogenated alkanes) is 1. The van der Waals surface area contributed by atoms with Crippen molar-refractivity contribution in [3.05, 3.63) is 29.6 Å². The first-order chi connectivity index (χ1) is 8.45. The van der Waals surface area contributed by atoms with Gasteiger partial charge in [0.15, 0.2) is 24.7 Å². The summed E-state index contributed by atoms with van der Waals surface area (Å²) < 4.78 is 38.9. The molecule has 0 bridgehead atoms. The molecule has 0 spiro atoms. The molecule has 0 saturated carbocycles. The van der Waals surface area contributed by atoms with E-state index >= 15 is 0 Å². The molecule has 1 radical (unpaired) electrons. The molecule has 18 heavy (non-hydrogen) atoms. The summed E-state index contributed by atoms with van der Waals surface area (Å²) in [5.74, 6) is -3.01. The Bertz CT molecular complexity index is 370. The molecule has 0 aliphatic heterocycles. The van der Waals surface area contributed by atoms with Crippen molar-refractivity contribution < 1.29 is 13.2 Å². The minimum absolute atomic E-state index is 0.209. The first kappa shape index (κ1) is 15.1. The number of halogens is 3. The van der Waals surface area contributed by atoms with Crippen LogP contribution >= 0.6 is 0 Å². The second-order valence-electron chi connectivity index (χ2n) is 4.94. The number of benzene rings is 1. The molecule has 0 heterocycles. The van der Waals surface area contributed by atoms with Gasteiger partial charge in [0.05, 0.1) is 0 Å². The van der Waals surface area contributed by atoms with Crippen LogP contribution in [0.25, 0.3) is 0 Å². The Morgan fingerprint density at radius 3 is 2.17 bits per heavy atom. The maximum absolute atomic E-state index is 13.1. The van der Waals surface area contributed by atoms with Gasteiger partial charge in [-0.15, -0.1) is 0 Å². The van der Waals surface area contributed by atoms with Crippen LogP contribution in [-0.2, 0) is 0 Å². The molecule has 0 aromatic heterocycles. The zero-order valence-corrected chi connectivity index (χ0v) is 11.1. The van der Waals surface area contributed by atoms with E-state index in [9.17, 15) is 13.2 Å². The minimum atomic E-state index is -1.40. The van der Waals surface area contributed by atoms with Crippen LogP contribution < -0.4 is 5.46 Å². The molecule has 99 valence electrons. The first-order valence-electron chi connectivity index (χ1n) is 6.45. The van der Waals surface area contributed by atoms with Crippen LogP contribution in [0.15, 0.2) is 12.1 Å². The Labute approximate surface area is 108 Å². The van der Waals surface area contributed by atoms with E-state index in [0.29, 0.717) is 11.4 Å². The van der Waals surface area contributed by atoms with Gasteiger partial charge in [0, 0.05) is 0 Å². The van der Waals surface area contributed by atoms with Gasteiger partial charge in [-0.2, -0.15) is 0 Å². The summed E-state index contributed by atoms with van der Waals surface area (Å²) in [6, 6.07) is 2.09. The summed E-state index contributed by atoms with van der Waals surface area (Å²) in [6.07, 6.45) is 3.36. The van der Waals surface area contributed by atoms with Gasteiger partial charge in [-0.3, -0.25) is 0 Å². The van der Waals surface area contributed by atoms with E-state index in [1.54, 1.807) is 7.28 Å². The summed E-state index contributed by atoms with van der Waals surface area (Å²) in [6.45, 7) is 6.26. The third-order valence-corrected chi connectivity index (χ3v) is 3.37. The Morgan fingerprint density at radius 2 is 1.67 bits per heavy atom. The lowest BCUT2D eigenvalue weighted by molar-refractivity contribution is 0.448. The van der Waals surface area contributed by atoms with Gasteiger partial charge < -0.3 is 0 Å². The Hall–Kier alpha value is -0.925. The zero-order chi connectivity index (χ0) is 13.7. The molecule has 0 aliphatic carbocycles. The van der Waals surface area contributed by atoms with Gasteiger partial charge in [0.1, 0.15) is 0 Å². The molecule has 0 N–H and O–H groups in total. The zero-order valence-electron chi connectivity index (χ0n) is 11.1. The van der Waals surface area contributed by atoms with Crippen molar-refractivity contribution in [1.29, 1.82) is 0 Å². The summed E-state index contributed by atoms with van der Waals surface area (Å²) in [5.41, 5.74) is 0.405. The van der Waals surface area contributed by atoms with Crippen LogP contribution in [0, 0.1) is 23.4 Å². The normalized spacial score (nSPS) is 14.3. The molecule has 0 aliphatic rings. The van der Waals surface area contributed by atoms with E-state index in [4.69, 9.17) is 0 Å². The monoisotopic (exact) mass is 255 g/mol.